The fourth-order valence-corrected chi connectivity index (χ4v) is 8.56. The number of benzene rings is 3. The van der Waals surface area contributed by atoms with Gasteiger partial charge in [0.15, 0.2) is 15.7 Å². The average molecular weight is 818 g/mol. The zero-order valence-electron chi connectivity index (χ0n) is 33.7. The molecule has 4 amide bonds. The number of nitrogens with zero attached hydrogens (tertiary/aromatic N) is 3. The third kappa shape index (κ3) is 9.17. The molecule has 58 heavy (non-hydrogen) atoms. The number of sulfone groups is 1. The van der Waals surface area contributed by atoms with Crippen molar-refractivity contribution in [3.63, 3.8) is 0 Å². The van der Waals surface area contributed by atoms with Crippen molar-refractivity contribution in [2.75, 3.05) is 22.6 Å². The molecule has 0 radical (unpaired) electrons. The minimum absolute atomic E-state index is 0.0374. The van der Waals surface area contributed by atoms with Crippen LogP contribution < -0.4 is 15.5 Å². The molecule has 1 aliphatic heterocycles. The van der Waals surface area contributed by atoms with Crippen LogP contribution in [0.4, 0.5) is 31.2 Å². The Labute approximate surface area is 336 Å². The summed E-state index contributed by atoms with van der Waals surface area (Å²) >= 11 is 0. The maximum atomic E-state index is 15.7. The van der Waals surface area contributed by atoms with E-state index in [-0.39, 0.29) is 51.8 Å². The number of rotatable bonds is 5. The van der Waals surface area contributed by atoms with Crippen molar-refractivity contribution in [1.82, 2.24) is 9.88 Å². The molecule has 2 aliphatic rings. The summed E-state index contributed by atoms with van der Waals surface area (Å²) in [6.45, 7) is 11.3. The summed E-state index contributed by atoms with van der Waals surface area (Å²) < 4.78 is 53.8. The summed E-state index contributed by atoms with van der Waals surface area (Å²) in [4.78, 5) is 60.9. The van der Waals surface area contributed by atoms with Gasteiger partial charge in [0.25, 0.3) is 0 Å². The van der Waals surface area contributed by atoms with Gasteiger partial charge in [-0.15, -0.1) is 0 Å². The van der Waals surface area contributed by atoms with Crippen molar-refractivity contribution >= 4 is 61.8 Å². The lowest BCUT2D eigenvalue weighted by molar-refractivity contribution is -0.131. The highest BCUT2D eigenvalue weighted by Gasteiger charge is 2.39. The highest BCUT2D eigenvalue weighted by Crippen LogP contribution is 2.38. The van der Waals surface area contributed by atoms with Crippen LogP contribution in [0.3, 0.4) is 0 Å². The normalized spacial score (nSPS) is 17.9. The van der Waals surface area contributed by atoms with E-state index in [0.717, 1.165) is 6.20 Å². The molecular formula is C42H48FN5O9S. The first-order chi connectivity index (χ1) is 27.0. The largest absolute Gasteiger partial charge is 0.508 e. The van der Waals surface area contributed by atoms with Gasteiger partial charge < -0.3 is 30.1 Å². The minimum atomic E-state index is -3.70. The number of aromatic hydroxyl groups is 1. The van der Waals surface area contributed by atoms with Gasteiger partial charge in [-0.25, -0.2) is 27.4 Å². The number of amides is 4. The Morgan fingerprint density at radius 3 is 2.22 bits per heavy atom. The number of likely N-dealkylation sites (N-methyl/N-ethyl adjacent to an activating group) is 1. The summed E-state index contributed by atoms with van der Waals surface area (Å²) in [5, 5.41) is 16.4. The molecule has 4 bridgehead atoms. The molecule has 16 heteroatoms. The number of pyridine rings is 1. The monoisotopic (exact) mass is 817 g/mol. The van der Waals surface area contributed by atoms with Crippen LogP contribution in [0.2, 0.25) is 0 Å². The third-order valence-corrected chi connectivity index (χ3v) is 11.9. The van der Waals surface area contributed by atoms with Gasteiger partial charge >= 0.3 is 12.2 Å². The molecule has 6 rings (SSSR count). The van der Waals surface area contributed by atoms with Crippen LogP contribution in [0.15, 0.2) is 65.7 Å². The second kappa shape index (κ2) is 15.5. The van der Waals surface area contributed by atoms with Crippen molar-refractivity contribution in [2.45, 2.75) is 108 Å². The number of hydrogen-bond donors (Lipinski definition) is 3. The molecule has 14 nitrogen and oxygen atoms in total. The van der Waals surface area contributed by atoms with Gasteiger partial charge in [0.05, 0.1) is 16.3 Å². The van der Waals surface area contributed by atoms with Crippen molar-refractivity contribution in [3.05, 3.63) is 83.3 Å². The number of carbonyl (C=O) groups excluding carboxylic acids is 4. The van der Waals surface area contributed by atoms with E-state index in [0.29, 0.717) is 40.1 Å². The SMILES string of the molecule is C[C@@H]1CC(=O)Nc2ccc(S(=O)(=O)C3CC3)c(c2)CN(C)C(=O)[C@H](Nc2ccc3c(N(C(=O)OC(C)(C)C)C(=O)OC(C)(C)C)ncc(F)c3c2)c2ccc(O)c1c2. The number of phenols is 1. The second-order valence-corrected chi connectivity index (χ2v) is 19.0. The Balaban J connectivity index is 1.44. The van der Waals surface area contributed by atoms with Gasteiger partial charge in [-0.2, -0.15) is 4.90 Å². The standard InChI is InChI=1S/C42H48FN5O9S/c1-23-17-35(50)45-26-11-16-34(58(54,55)28-12-13-28)25(18-26)22-47(8)38(51)36(24-9-15-33(49)30(23)19-24)46-27-10-14-29-31(20-27)32(43)21-44-37(29)48(39(52)56-41(2,3)4)40(53)57-42(5,6)7/h9-11,14-16,18-21,23,28,36,46,49H,12-13,17,22H2,1-8H3,(H,45,50)/t23-,36-/m1/s1. The molecule has 0 saturated heterocycles. The topological polar surface area (TPSA) is 185 Å². The van der Waals surface area contributed by atoms with Crippen molar-refractivity contribution in [1.29, 1.82) is 0 Å². The number of anilines is 3. The van der Waals surface area contributed by atoms with E-state index in [1.165, 1.54) is 48.3 Å². The Hall–Kier alpha value is -5.77. The minimum Gasteiger partial charge on any atom is -0.508 e. The maximum Gasteiger partial charge on any atom is 0.425 e. The predicted octanol–water partition coefficient (Wildman–Crippen LogP) is 7.95. The van der Waals surface area contributed by atoms with Gasteiger partial charge in [-0.05, 0) is 126 Å². The molecular weight excluding hydrogens is 770 g/mol. The van der Waals surface area contributed by atoms with Gasteiger partial charge in [-0.3, -0.25) is 9.59 Å². The molecule has 0 unspecified atom stereocenters. The van der Waals surface area contributed by atoms with E-state index in [1.54, 1.807) is 66.7 Å². The number of imide groups is 1. The van der Waals surface area contributed by atoms with Crippen molar-refractivity contribution in [3.8, 4) is 5.75 Å². The van der Waals surface area contributed by atoms with Crippen LogP contribution >= 0.6 is 0 Å². The number of carbonyl (C=O) groups is 4. The lowest BCUT2D eigenvalue weighted by atomic mass is 9.92. The van der Waals surface area contributed by atoms with E-state index in [9.17, 15) is 32.7 Å². The van der Waals surface area contributed by atoms with E-state index in [1.807, 2.05) is 0 Å². The van der Waals surface area contributed by atoms with Crippen LogP contribution in [0.5, 0.6) is 5.75 Å². The summed E-state index contributed by atoms with van der Waals surface area (Å²) in [6.07, 6.45) is -0.297. The van der Waals surface area contributed by atoms with E-state index >= 15 is 4.39 Å². The molecule has 3 aromatic carbocycles. The molecule has 1 aromatic heterocycles. The zero-order valence-corrected chi connectivity index (χ0v) is 34.5. The van der Waals surface area contributed by atoms with Crippen molar-refractivity contribution in [2.24, 2.45) is 0 Å². The van der Waals surface area contributed by atoms with Crippen LogP contribution in [-0.2, 0) is 35.4 Å². The molecule has 1 saturated carbocycles. The predicted molar refractivity (Wildman–Crippen MR) is 216 cm³/mol. The molecule has 1 aliphatic carbocycles. The number of hydrogen-bond acceptors (Lipinski definition) is 11. The smallest absolute Gasteiger partial charge is 0.425 e. The summed E-state index contributed by atoms with van der Waals surface area (Å²) in [5.41, 5.74) is -0.291. The summed E-state index contributed by atoms with van der Waals surface area (Å²) in [7, 11) is -2.18. The third-order valence-electron chi connectivity index (χ3n) is 9.54. The van der Waals surface area contributed by atoms with Gasteiger partial charge in [0, 0.05) is 42.2 Å². The number of phenolic OH excluding ortho intramolecular Hbond substituents is 1. The molecule has 308 valence electrons. The average Bonchev–Trinajstić information content (AvgIpc) is 3.97. The summed E-state index contributed by atoms with van der Waals surface area (Å²) in [6, 6.07) is 12.3. The first kappa shape index (κ1) is 41.9. The zero-order chi connectivity index (χ0) is 42.5. The molecule has 4 aromatic rings. The Bertz CT molecular complexity index is 2390. The lowest BCUT2D eigenvalue weighted by Gasteiger charge is -2.29. The Kier molecular flexibility index (Phi) is 11.2. The number of ether oxygens (including phenoxy) is 2. The van der Waals surface area contributed by atoms with E-state index < -0.39 is 62.2 Å². The first-order valence-corrected chi connectivity index (χ1v) is 20.4. The van der Waals surface area contributed by atoms with Gasteiger partial charge in [0.2, 0.25) is 11.8 Å². The van der Waals surface area contributed by atoms with Crippen molar-refractivity contribution < 1.29 is 46.6 Å². The van der Waals surface area contributed by atoms with Gasteiger partial charge in [0.1, 0.15) is 28.8 Å². The number of fused-ring (bicyclic) bond motifs is 5. The Morgan fingerprint density at radius 2 is 1.60 bits per heavy atom. The van der Waals surface area contributed by atoms with E-state index in [4.69, 9.17) is 9.47 Å². The fraction of sp³-hybridized carbons (Fsp3) is 0.405. The maximum absolute atomic E-state index is 15.7. The molecule has 1 fully saturated rings. The molecule has 0 spiro atoms. The fourth-order valence-electron chi connectivity index (χ4n) is 6.70. The first-order valence-electron chi connectivity index (χ1n) is 18.9. The molecule has 2 atom stereocenters. The van der Waals surface area contributed by atoms with Crippen LogP contribution in [0.1, 0.15) is 96.4 Å². The highest BCUT2D eigenvalue weighted by molar-refractivity contribution is 7.92. The quantitative estimate of drug-likeness (QED) is 0.178. The molecule has 2 heterocycles. The summed E-state index contributed by atoms with van der Waals surface area (Å²) in [5.74, 6) is -2.50. The van der Waals surface area contributed by atoms with Crippen LogP contribution in [0.25, 0.3) is 10.8 Å². The van der Waals surface area contributed by atoms with Crippen LogP contribution in [0, 0.1) is 5.82 Å². The highest BCUT2D eigenvalue weighted by atomic mass is 32.2. The number of halogens is 1. The van der Waals surface area contributed by atoms with Gasteiger partial charge in [-0.1, -0.05) is 13.0 Å². The second-order valence-electron chi connectivity index (χ2n) is 16.8. The number of aromatic nitrogens is 1. The number of nitrogens with one attached hydrogen (secondary N) is 2. The molecule has 3 N–H and O–H groups in total. The van der Waals surface area contributed by atoms with E-state index in [2.05, 4.69) is 15.6 Å². The Morgan fingerprint density at radius 1 is 0.948 bits per heavy atom. The lowest BCUT2D eigenvalue weighted by Crippen LogP contribution is -2.44. The van der Waals surface area contributed by atoms with Crippen LogP contribution in [-0.4, -0.2) is 70.9 Å².